The summed E-state index contributed by atoms with van der Waals surface area (Å²) in [5.41, 5.74) is 1.46. The minimum absolute atomic E-state index is 0.636. The zero-order valence-electron chi connectivity index (χ0n) is 11.3. The first-order valence-corrected chi connectivity index (χ1v) is 6.60. The molecule has 0 aliphatic carbocycles. The lowest BCUT2D eigenvalue weighted by molar-refractivity contribution is 0.262. The molecule has 2 rings (SSSR count). The van der Waals surface area contributed by atoms with Crippen LogP contribution in [-0.2, 0) is 0 Å². The van der Waals surface area contributed by atoms with Crippen LogP contribution < -0.4 is 0 Å². The Bertz CT molecular complexity index is 334. The van der Waals surface area contributed by atoms with Gasteiger partial charge in [-0.25, -0.2) is 0 Å². The summed E-state index contributed by atoms with van der Waals surface area (Å²) in [4.78, 5) is 4.95. The van der Waals surface area contributed by atoms with Crippen molar-refractivity contribution in [3.8, 4) is 0 Å². The topological polar surface area (TPSA) is 6.48 Å². The van der Waals surface area contributed by atoms with Gasteiger partial charge in [-0.1, -0.05) is 37.3 Å². The van der Waals surface area contributed by atoms with E-state index >= 15 is 0 Å². The van der Waals surface area contributed by atoms with Crippen LogP contribution in [0.4, 0.5) is 0 Å². The molecule has 0 aromatic heterocycles. The molecule has 1 heterocycles. The predicted molar refractivity (Wildman–Crippen MR) is 73.4 cm³/mol. The fourth-order valence-electron chi connectivity index (χ4n) is 2.67. The maximum atomic E-state index is 2.60. The molecule has 2 atom stereocenters. The quantitative estimate of drug-likeness (QED) is 0.786. The Morgan fingerprint density at radius 1 is 1.29 bits per heavy atom. The largest absolute Gasteiger partial charge is 0.305 e. The van der Waals surface area contributed by atoms with Crippen molar-refractivity contribution >= 4 is 0 Å². The van der Waals surface area contributed by atoms with Crippen LogP contribution in [-0.4, -0.2) is 49.6 Å². The first-order chi connectivity index (χ1) is 8.16. The molecule has 1 aliphatic heterocycles. The molecule has 0 saturated carbocycles. The lowest BCUT2D eigenvalue weighted by Gasteiger charge is -2.23. The molecule has 2 heteroatoms. The van der Waals surface area contributed by atoms with Crippen molar-refractivity contribution in [2.75, 3.05) is 33.7 Å². The average Bonchev–Trinajstić information content (AvgIpc) is 2.79. The van der Waals surface area contributed by atoms with E-state index in [1.807, 2.05) is 0 Å². The molecule has 1 saturated heterocycles. The molecule has 0 radical (unpaired) electrons. The molecule has 1 fully saturated rings. The van der Waals surface area contributed by atoms with Crippen molar-refractivity contribution in [2.45, 2.75) is 25.3 Å². The molecule has 94 valence electrons. The van der Waals surface area contributed by atoms with Crippen LogP contribution >= 0.6 is 0 Å². The van der Waals surface area contributed by atoms with Gasteiger partial charge in [-0.2, -0.15) is 0 Å². The summed E-state index contributed by atoms with van der Waals surface area (Å²) in [7, 11) is 4.38. The van der Waals surface area contributed by atoms with Gasteiger partial charge in [0.2, 0.25) is 0 Å². The third-order valence-electron chi connectivity index (χ3n) is 3.88. The molecular formula is C15H24N2. The van der Waals surface area contributed by atoms with Gasteiger partial charge in [-0.05, 0) is 38.5 Å². The number of rotatable bonds is 4. The highest BCUT2D eigenvalue weighted by atomic mass is 15.2. The van der Waals surface area contributed by atoms with E-state index in [1.54, 1.807) is 0 Å². The van der Waals surface area contributed by atoms with Gasteiger partial charge in [0, 0.05) is 19.1 Å². The summed E-state index contributed by atoms with van der Waals surface area (Å²) >= 11 is 0. The Kier molecular flexibility index (Phi) is 4.19. The van der Waals surface area contributed by atoms with E-state index in [4.69, 9.17) is 0 Å². The van der Waals surface area contributed by atoms with Crippen LogP contribution in [0.5, 0.6) is 0 Å². The zero-order valence-corrected chi connectivity index (χ0v) is 11.3. The Morgan fingerprint density at radius 3 is 2.59 bits per heavy atom. The van der Waals surface area contributed by atoms with E-state index in [0.717, 1.165) is 6.04 Å². The van der Waals surface area contributed by atoms with Crippen molar-refractivity contribution in [1.29, 1.82) is 0 Å². The van der Waals surface area contributed by atoms with Crippen LogP contribution in [0.15, 0.2) is 30.3 Å². The highest BCUT2D eigenvalue weighted by Gasteiger charge is 2.24. The molecule has 1 aromatic rings. The molecule has 0 amide bonds. The van der Waals surface area contributed by atoms with E-state index in [9.17, 15) is 0 Å². The van der Waals surface area contributed by atoms with E-state index in [0.29, 0.717) is 5.92 Å². The minimum Gasteiger partial charge on any atom is -0.305 e. The number of likely N-dealkylation sites (tertiary alicyclic amines) is 1. The maximum absolute atomic E-state index is 2.60. The first-order valence-electron chi connectivity index (χ1n) is 6.60. The van der Waals surface area contributed by atoms with E-state index < -0.39 is 0 Å². The molecule has 1 aromatic carbocycles. The summed E-state index contributed by atoms with van der Waals surface area (Å²) in [5.74, 6) is 0.636. The highest BCUT2D eigenvalue weighted by Crippen LogP contribution is 2.20. The number of likely N-dealkylation sites (N-methyl/N-ethyl adjacent to an activating group) is 1. The summed E-state index contributed by atoms with van der Waals surface area (Å²) < 4.78 is 0. The standard InChI is InChI=1S/C15H24N2/c1-13(14-7-5-4-6-8-14)11-17-10-9-15(12-17)16(2)3/h4-8,13,15H,9-12H2,1-3H3/t13-,15+/m1/s1. The second-order valence-electron chi connectivity index (χ2n) is 5.48. The van der Waals surface area contributed by atoms with Crippen LogP contribution in [0.3, 0.4) is 0 Å². The van der Waals surface area contributed by atoms with Gasteiger partial charge < -0.3 is 9.80 Å². The Morgan fingerprint density at radius 2 is 2.00 bits per heavy atom. The lowest BCUT2D eigenvalue weighted by atomic mass is 10.0. The van der Waals surface area contributed by atoms with Crippen molar-refractivity contribution < 1.29 is 0 Å². The Labute approximate surface area is 105 Å². The monoisotopic (exact) mass is 232 g/mol. The predicted octanol–water partition coefficient (Wildman–Crippen LogP) is 2.43. The van der Waals surface area contributed by atoms with Crippen molar-refractivity contribution in [3.63, 3.8) is 0 Å². The maximum Gasteiger partial charge on any atom is 0.0229 e. The number of hydrogen-bond acceptors (Lipinski definition) is 2. The fourth-order valence-corrected chi connectivity index (χ4v) is 2.67. The molecule has 0 unspecified atom stereocenters. The smallest absolute Gasteiger partial charge is 0.0229 e. The van der Waals surface area contributed by atoms with Gasteiger partial charge in [0.1, 0.15) is 0 Å². The molecular weight excluding hydrogens is 208 g/mol. The van der Waals surface area contributed by atoms with Gasteiger partial charge in [-0.3, -0.25) is 0 Å². The molecule has 1 aliphatic rings. The van der Waals surface area contributed by atoms with Crippen LogP contribution in [0.1, 0.15) is 24.8 Å². The Balaban J connectivity index is 1.86. The molecule has 0 N–H and O–H groups in total. The third kappa shape index (κ3) is 3.30. The summed E-state index contributed by atoms with van der Waals surface area (Å²) in [6.45, 7) is 6.00. The van der Waals surface area contributed by atoms with Gasteiger partial charge in [0.15, 0.2) is 0 Å². The number of benzene rings is 1. The van der Waals surface area contributed by atoms with Gasteiger partial charge in [0.05, 0.1) is 0 Å². The number of hydrogen-bond donors (Lipinski definition) is 0. The molecule has 2 nitrogen and oxygen atoms in total. The van der Waals surface area contributed by atoms with Crippen molar-refractivity contribution in [1.82, 2.24) is 9.80 Å². The SMILES string of the molecule is C[C@H](CN1CC[C@H](N(C)C)C1)c1ccccc1. The van der Waals surface area contributed by atoms with Gasteiger partial charge in [0.25, 0.3) is 0 Å². The normalized spacial score (nSPS) is 23.2. The second kappa shape index (κ2) is 5.65. The summed E-state index contributed by atoms with van der Waals surface area (Å²) in [5, 5.41) is 0. The van der Waals surface area contributed by atoms with Gasteiger partial charge >= 0.3 is 0 Å². The van der Waals surface area contributed by atoms with Crippen LogP contribution in [0.2, 0.25) is 0 Å². The van der Waals surface area contributed by atoms with E-state index in [2.05, 4.69) is 61.2 Å². The van der Waals surface area contributed by atoms with Crippen molar-refractivity contribution in [3.05, 3.63) is 35.9 Å². The Hall–Kier alpha value is -0.860. The highest BCUT2D eigenvalue weighted by molar-refractivity contribution is 5.19. The van der Waals surface area contributed by atoms with E-state index in [-0.39, 0.29) is 0 Å². The van der Waals surface area contributed by atoms with E-state index in [1.165, 1.54) is 31.6 Å². The van der Waals surface area contributed by atoms with Crippen molar-refractivity contribution in [2.24, 2.45) is 0 Å². The fraction of sp³-hybridized carbons (Fsp3) is 0.600. The van der Waals surface area contributed by atoms with Gasteiger partial charge in [-0.15, -0.1) is 0 Å². The average molecular weight is 232 g/mol. The third-order valence-corrected chi connectivity index (χ3v) is 3.88. The molecule has 17 heavy (non-hydrogen) atoms. The van der Waals surface area contributed by atoms with Crippen LogP contribution in [0.25, 0.3) is 0 Å². The summed E-state index contributed by atoms with van der Waals surface area (Å²) in [6.07, 6.45) is 1.31. The first kappa shape index (κ1) is 12.6. The number of nitrogens with zero attached hydrogens (tertiary/aromatic N) is 2. The zero-order chi connectivity index (χ0) is 12.3. The van der Waals surface area contributed by atoms with Crippen LogP contribution in [0, 0.1) is 0 Å². The second-order valence-corrected chi connectivity index (χ2v) is 5.48. The molecule has 0 bridgehead atoms. The lowest BCUT2D eigenvalue weighted by Crippen LogP contribution is -2.32. The molecule has 0 spiro atoms. The summed E-state index contributed by atoms with van der Waals surface area (Å²) in [6, 6.07) is 11.6. The minimum atomic E-state index is 0.636.